The molecule has 0 spiro atoms. The molecule has 0 radical (unpaired) electrons. The van der Waals surface area contributed by atoms with Gasteiger partial charge in [0.1, 0.15) is 16.9 Å². The summed E-state index contributed by atoms with van der Waals surface area (Å²) in [4.78, 5) is 24.5. The Morgan fingerprint density at radius 3 is 2.50 bits per heavy atom. The predicted molar refractivity (Wildman–Crippen MR) is 93.5 cm³/mol. The van der Waals surface area contributed by atoms with Gasteiger partial charge >= 0.3 is 5.63 Å². The van der Waals surface area contributed by atoms with Crippen LogP contribution in [0.15, 0.2) is 51.7 Å². The lowest BCUT2D eigenvalue weighted by Gasteiger charge is -2.09. The number of nitrogens with one attached hydrogen (secondary N) is 1. The zero-order valence-corrected chi connectivity index (χ0v) is 13.9. The molecule has 7 heteroatoms. The van der Waals surface area contributed by atoms with Gasteiger partial charge in [0.25, 0.3) is 5.91 Å². The molecule has 5 nitrogen and oxygen atoms in total. The van der Waals surface area contributed by atoms with Gasteiger partial charge in [-0.05, 0) is 30.3 Å². The van der Waals surface area contributed by atoms with Gasteiger partial charge in [-0.25, -0.2) is 4.79 Å². The number of carbonyl (C=O) groups excluding carboxylic acids is 1. The number of halogens is 2. The first-order chi connectivity index (χ1) is 11.5. The van der Waals surface area contributed by atoms with Crippen LogP contribution in [0.3, 0.4) is 0 Å². The Kier molecular flexibility index (Phi) is 4.46. The largest absolute Gasteiger partial charge is 0.497 e. The number of fused-ring (bicyclic) bond motifs is 1. The normalized spacial score (nSPS) is 10.6. The van der Waals surface area contributed by atoms with Crippen LogP contribution in [-0.2, 0) is 0 Å². The third kappa shape index (κ3) is 3.09. The standard InChI is InChI=1S/C17H11Cl2NO4/c1-23-10-6-5-9-7-11(17(22)24-14(9)8-10)16(21)20-15-12(18)3-2-4-13(15)19/h2-8H,1H3,(H,20,21). The molecule has 0 saturated heterocycles. The van der Waals surface area contributed by atoms with Crippen LogP contribution in [-0.4, -0.2) is 13.0 Å². The van der Waals surface area contributed by atoms with Gasteiger partial charge in [-0.2, -0.15) is 0 Å². The Bertz CT molecular complexity index is 977. The van der Waals surface area contributed by atoms with E-state index in [1.165, 1.54) is 13.2 Å². The highest BCUT2D eigenvalue weighted by Gasteiger charge is 2.17. The Hall–Kier alpha value is -2.50. The summed E-state index contributed by atoms with van der Waals surface area (Å²) in [5, 5.41) is 3.66. The Morgan fingerprint density at radius 2 is 1.83 bits per heavy atom. The van der Waals surface area contributed by atoms with Crippen LogP contribution < -0.4 is 15.7 Å². The fourth-order valence-corrected chi connectivity index (χ4v) is 2.67. The second-order valence-electron chi connectivity index (χ2n) is 4.90. The maximum Gasteiger partial charge on any atom is 0.349 e. The van der Waals surface area contributed by atoms with E-state index in [9.17, 15) is 9.59 Å². The van der Waals surface area contributed by atoms with E-state index < -0.39 is 11.5 Å². The summed E-state index contributed by atoms with van der Waals surface area (Å²) in [5.74, 6) is -0.109. The van der Waals surface area contributed by atoms with Gasteiger partial charge in [-0.3, -0.25) is 4.79 Å². The fraction of sp³-hybridized carbons (Fsp3) is 0.0588. The number of ether oxygens (including phenoxy) is 1. The molecule has 3 rings (SSSR count). The van der Waals surface area contributed by atoms with Crippen LogP contribution in [0.1, 0.15) is 10.4 Å². The Morgan fingerprint density at radius 1 is 1.12 bits per heavy atom. The summed E-state index contributed by atoms with van der Waals surface area (Å²) >= 11 is 12.0. The lowest BCUT2D eigenvalue weighted by atomic mass is 10.1. The minimum Gasteiger partial charge on any atom is -0.497 e. The monoisotopic (exact) mass is 363 g/mol. The summed E-state index contributed by atoms with van der Waals surface area (Å²) in [6.07, 6.45) is 0. The quantitative estimate of drug-likeness (QED) is 0.701. The number of rotatable bonds is 3. The van der Waals surface area contributed by atoms with Crippen LogP contribution in [0.4, 0.5) is 5.69 Å². The zero-order valence-electron chi connectivity index (χ0n) is 12.4. The molecular weight excluding hydrogens is 353 g/mol. The van der Waals surface area contributed by atoms with E-state index >= 15 is 0 Å². The van der Waals surface area contributed by atoms with Crippen molar-refractivity contribution in [3.05, 3.63) is 68.5 Å². The summed E-state index contributed by atoms with van der Waals surface area (Å²) < 4.78 is 10.3. The minimum atomic E-state index is -0.767. The maximum absolute atomic E-state index is 12.4. The molecule has 0 fully saturated rings. The summed E-state index contributed by atoms with van der Waals surface area (Å²) in [7, 11) is 1.51. The van der Waals surface area contributed by atoms with Gasteiger partial charge in [0.2, 0.25) is 0 Å². The van der Waals surface area contributed by atoms with Crippen molar-refractivity contribution in [3.8, 4) is 5.75 Å². The van der Waals surface area contributed by atoms with E-state index in [2.05, 4.69) is 5.32 Å². The molecule has 1 amide bonds. The van der Waals surface area contributed by atoms with Gasteiger partial charge in [-0.15, -0.1) is 0 Å². The summed E-state index contributed by atoms with van der Waals surface area (Å²) in [5.41, 5.74) is -0.355. The van der Waals surface area contributed by atoms with Crippen LogP contribution >= 0.6 is 23.2 Å². The summed E-state index contributed by atoms with van der Waals surface area (Å²) in [6.45, 7) is 0. The van der Waals surface area contributed by atoms with Gasteiger partial charge in [-0.1, -0.05) is 29.3 Å². The first kappa shape index (κ1) is 16.4. The van der Waals surface area contributed by atoms with Gasteiger partial charge in [0, 0.05) is 11.5 Å². The van der Waals surface area contributed by atoms with E-state index in [0.717, 1.165) is 0 Å². The van der Waals surface area contributed by atoms with Crippen molar-refractivity contribution >= 4 is 45.8 Å². The molecule has 0 saturated carbocycles. The lowest BCUT2D eigenvalue weighted by molar-refractivity contribution is 0.102. The number of hydrogen-bond donors (Lipinski definition) is 1. The van der Waals surface area contributed by atoms with Crippen LogP contribution in [0.25, 0.3) is 11.0 Å². The molecule has 122 valence electrons. The predicted octanol–water partition coefficient (Wildman–Crippen LogP) is 4.36. The van der Waals surface area contributed by atoms with Crippen molar-refractivity contribution in [2.24, 2.45) is 0 Å². The first-order valence-electron chi connectivity index (χ1n) is 6.87. The molecular formula is C17H11Cl2NO4. The molecule has 1 aromatic heterocycles. The first-order valence-corrected chi connectivity index (χ1v) is 7.62. The van der Waals surface area contributed by atoms with Gasteiger partial charge < -0.3 is 14.5 Å². The molecule has 0 aliphatic heterocycles. The highest BCUT2D eigenvalue weighted by molar-refractivity contribution is 6.40. The second-order valence-corrected chi connectivity index (χ2v) is 5.72. The molecule has 0 atom stereocenters. The average Bonchev–Trinajstić information content (AvgIpc) is 2.57. The Balaban J connectivity index is 2.01. The number of amides is 1. The van der Waals surface area contributed by atoms with Crippen molar-refractivity contribution in [2.75, 3.05) is 12.4 Å². The maximum atomic E-state index is 12.4. The van der Waals surface area contributed by atoms with Crippen molar-refractivity contribution in [3.63, 3.8) is 0 Å². The van der Waals surface area contributed by atoms with E-state index in [1.54, 1.807) is 36.4 Å². The highest BCUT2D eigenvalue weighted by Crippen LogP contribution is 2.30. The topological polar surface area (TPSA) is 68.5 Å². The van der Waals surface area contributed by atoms with Gasteiger partial charge in [0.05, 0.1) is 22.8 Å². The van der Waals surface area contributed by atoms with Crippen molar-refractivity contribution in [2.45, 2.75) is 0 Å². The van der Waals surface area contributed by atoms with Crippen molar-refractivity contribution in [1.29, 1.82) is 0 Å². The number of carbonyl (C=O) groups is 1. The molecule has 1 N–H and O–H groups in total. The molecule has 0 aliphatic carbocycles. The number of anilines is 1. The number of benzene rings is 2. The highest BCUT2D eigenvalue weighted by atomic mass is 35.5. The van der Waals surface area contributed by atoms with Crippen LogP contribution in [0.5, 0.6) is 5.75 Å². The van der Waals surface area contributed by atoms with Crippen LogP contribution in [0, 0.1) is 0 Å². The van der Waals surface area contributed by atoms with E-state index in [1.807, 2.05) is 0 Å². The van der Waals surface area contributed by atoms with Crippen molar-refractivity contribution < 1.29 is 13.9 Å². The van der Waals surface area contributed by atoms with E-state index in [-0.39, 0.29) is 21.3 Å². The number of para-hydroxylation sites is 1. The Labute approximate surface area is 146 Å². The van der Waals surface area contributed by atoms with E-state index in [4.69, 9.17) is 32.4 Å². The summed E-state index contributed by atoms with van der Waals surface area (Å²) in [6, 6.07) is 11.2. The molecule has 0 unspecified atom stereocenters. The second kappa shape index (κ2) is 6.55. The van der Waals surface area contributed by atoms with Gasteiger partial charge in [0.15, 0.2) is 0 Å². The average molecular weight is 364 g/mol. The molecule has 2 aromatic carbocycles. The SMILES string of the molecule is COc1ccc2cc(C(=O)Nc3c(Cl)cccc3Cl)c(=O)oc2c1. The lowest BCUT2D eigenvalue weighted by Crippen LogP contribution is -2.21. The van der Waals surface area contributed by atoms with Crippen molar-refractivity contribution in [1.82, 2.24) is 0 Å². The molecule has 1 heterocycles. The molecule has 3 aromatic rings. The molecule has 0 aliphatic rings. The number of methoxy groups -OCH3 is 1. The molecule has 0 bridgehead atoms. The third-order valence-electron chi connectivity index (χ3n) is 3.39. The minimum absolute atomic E-state index is 0.149. The fourth-order valence-electron chi connectivity index (χ4n) is 2.17. The molecule has 24 heavy (non-hydrogen) atoms. The third-order valence-corrected chi connectivity index (χ3v) is 4.02. The smallest absolute Gasteiger partial charge is 0.349 e. The zero-order chi connectivity index (χ0) is 17.3. The van der Waals surface area contributed by atoms with Crippen LogP contribution in [0.2, 0.25) is 10.0 Å². The number of hydrogen-bond acceptors (Lipinski definition) is 4. The van der Waals surface area contributed by atoms with E-state index in [0.29, 0.717) is 16.7 Å².